The summed E-state index contributed by atoms with van der Waals surface area (Å²) in [6.45, 7) is 1.43. The van der Waals surface area contributed by atoms with Gasteiger partial charge >= 0.3 is 12.0 Å². The summed E-state index contributed by atoms with van der Waals surface area (Å²) in [5.41, 5.74) is 0. The molecular formula is C11H17N3O4. The third kappa shape index (κ3) is 3.12. The lowest BCUT2D eigenvalue weighted by atomic mass is 9.97. The molecule has 0 aliphatic carbocycles. The molecule has 7 heteroatoms. The lowest BCUT2D eigenvalue weighted by molar-refractivity contribution is -0.139. The van der Waals surface area contributed by atoms with Gasteiger partial charge in [0.05, 0.1) is 6.42 Å². The fourth-order valence-corrected chi connectivity index (χ4v) is 2.26. The van der Waals surface area contributed by atoms with Crippen LogP contribution in [0, 0.1) is 5.92 Å². The van der Waals surface area contributed by atoms with Gasteiger partial charge in [0.15, 0.2) is 0 Å². The van der Waals surface area contributed by atoms with Crippen LogP contribution in [-0.2, 0) is 9.59 Å². The van der Waals surface area contributed by atoms with Crippen LogP contribution in [0.2, 0.25) is 0 Å². The Bertz CT molecular complexity index is 365. The van der Waals surface area contributed by atoms with Crippen LogP contribution >= 0.6 is 0 Å². The number of amides is 3. The summed E-state index contributed by atoms with van der Waals surface area (Å²) in [6, 6.07) is -0.157. The van der Waals surface area contributed by atoms with E-state index in [0.717, 1.165) is 6.42 Å². The van der Waals surface area contributed by atoms with Gasteiger partial charge in [0.25, 0.3) is 0 Å². The Morgan fingerprint density at radius 3 is 2.72 bits per heavy atom. The Labute approximate surface area is 105 Å². The zero-order chi connectivity index (χ0) is 13.1. The monoisotopic (exact) mass is 255 g/mol. The minimum absolute atomic E-state index is 0.0255. The van der Waals surface area contributed by atoms with Crippen LogP contribution in [0.5, 0.6) is 0 Å². The Morgan fingerprint density at radius 1 is 1.44 bits per heavy atom. The van der Waals surface area contributed by atoms with Crippen molar-refractivity contribution in [1.82, 2.24) is 15.5 Å². The second-order valence-electron chi connectivity index (χ2n) is 4.86. The van der Waals surface area contributed by atoms with E-state index in [1.54, 1.807) is 4.90 Å². The normalized spacial score (nSPS) is 23.4. The first-order valence-corrected chi connectivity index (χ1v) is 6.08. The summed E-state index contributed by atoms with van der Waals surface area (Å²) >= 11 is 0. The number of carbonyl (C=O) groups is 3. The van der Waals surface area contributed by atoms with Gasteiger partial charge in [-0.15, -0.1) is 0 Å². The van der Waals surface area contributed by atoms with Crippen molar-refractivity contribution >= 4 is 17.9 Å². The molecular weight excluding hydrogens is 238 g/mol. The second kappa shape index (κ2) is 5.24. The van der Waals surface area contributed by atoms with E-state index < -0.39 is 5.97 Å². The number of rotatable bonds is 4. The number of aliphatic carboxylic acids is 1. The molecule has 0 aromatic heterocycles. The molecule has 2 saturated heterocycles. The van der Waals surface area contributed by atoms with E-state index in [4.69, 9.17) is 5.11 Å². The molecule has 18 heavy (non-hydrogen) atoms. The zero-order valence-electron chi connectivity index (χ0n) is 10.0. The summed E-state index contributed by atoms with van der Waals surface area (Å²) in [5.74, 6) is -0.729. The fraction of sp³-hybridized carbons (Fsp3) is 0.727. The third-order valence-electron chi connectivity index (χ3n) is 3.29. The Hall–Kier alpha value is -1.79. The molecule has 2 heterocycles. The SMILES string of the molecule is O=C(O)CC1CN(C(=O)NCC2CCC(=O)N2)C1. The average Bonchev–Trinajstić information content (AvgIpc) is 2.65. The van der Waals surface area contributed by atoms with Crippen molar-refractivity contribution < 1.29 is 19.5 Å². The van der Waals surface area contributed by atoms with Crippen LogP contribution in [0.15, 0.2) is 0 Å². The number of hydrogen-bond acceptors (Lipinski definition) is 3. The second-order valence-corrected chi connectivity index (χ2v) is 4.86. The molecule has 0 aromatic carbocycles. The summed E-state index contributed by atoms with van der Waals surface area (Å²) < 4.78 is 0. The number of likely N-dealkylation sites (tertiary alicyclic amines) is 1. The number of nitrogens with zero attached hydrogens (tertiary/aromatic N) is 1. The first-order valence-electron chi connectivity index (χ1n) is 6.08. The highest BCUT2D eigenvalue weighted by molar-refractivity contribution is 5.79. The molecule has 100 valence electrons. The van der Waals surface area contributed by atoms with Crippen molar-refractivity contribution in [2.75, 3.05) is 19.6 Å². The van der Waals surface area contributed by atoms with Crippen LogP contribution in [-0.4, -0.2) is 53.6 Å². The van der Waals surface area contributed by atoms with Gasteiger partial charge in [-0.25, -0.2) is 4.79 Å². The first kappa shape index (κ1) is 12.7. The average molecular weight is 255 g/mol. The van der Waals surface area contributed by atoms with Crippen molar-refractivity contribution in [2.24, 2.45) is 5.92 Å². The summed E-state index contributed by atoms with van der Waals surface area (Å²) in [4.78, 5) is 34.6. The van der Waals surface area contributed by atoms with Gasteiger partial charge in [0, 0.05) is 38.0 Å². The summed E-state index contributed by atoms with van der Waals surface area (Å²) in [7, 11) is 0. The molecule has 3 N–H and O–H groups in total. The Morgan fingerprint density at radius 2 is 2.17 bits per heavy atom. The van der Waals surface area contributed by atoms with E-state index in [9.17, 15) is 14.4 Å². The number of hydrogen-bond donors (Lipinski definition) is 3. The maximum atomic E-state index is 11.6. The molecule has 3 amide bonds. The van der Waals surface area contributed by atoms with Crippen molar-refractivity contribution in [2.45, 2.75) is 25.3 Å². The number of urea groups is 1. The van der Waals surface area contributed by atoms with Crippen molar-refractivity contribution in [3.05, 3.63) is 0 Å². The molecule has 1 unspecified atom stereocenters. The van der Waals surface area contributed by atoms with E-state index >= 15 is 0 Å². The van der Waals surface area contributed by atoms with Crippen LogP contribution in [0.3, 0.4) is 0 Å². The molecule has 2 aliphatic heterocycles. The van der Waals surface area contributed by atoms with Crippen molar-refractivity contribution in [3.8, 4) is 0 Å². The van der Waals surface area contributed by atoms with E-state index in [-0.39, 0.29) is 30.3 Å². The summed E-state index contributed by atoms with van der Waals surface area (Å²) in [5, 5.41) is 14.1. The largest absolute Gasteiger partial charge is 0.481 e. The number of carbonyl (C=O) groups excluding carboxylic acids is 2. The number of carboxylic acid groups (broad SMARTS) is 1. The maximum absolute atomic E-state index is 11.6. The molecule has 2 fully saturated rings. The zero-order valence-corrected chi connectivity index (χ0v) is 10.0. The van der Waals surface area contributed by atoms with Gasteiger partial charge < -0.3 is 20.6 Å². The topological polar surface area (TPSA) is 98.7 Å². The lowest BCUT2D eigenvalue weighted by Gasteiger charge is -2.38. The molecule has 0 spiro atoms. The quantitative estimate of drug-likeness (QED) is 0.623. The summed E-state index contributed by atoms with van der Waals surface area (Å²) in [6.07, 6.45) is 1.38. The van der Waals surface area contributed by atoms with Crippen molar-refractivity contribution in [3.63, 3.8) is 0 Å². The predicted molar refractivity (Wildman–Crippen MR) is 61.9 cm³/mol. The van der Waals surface area contributed by atoms with Crippen molar-refractivity contribution in [1.29, 1.82) is 0 Å². The predicted octanol–water partition coefficient (Wildman–Crippen LogP) is -0.619. The minimum atomic E-state index is -0.825. The Balaban J connectivity index is 1.62. The molecule has 1 atom stereocenters. The third-order valence-corrected chi connectivity index (χ3v) is 3.29. The molecule has 0 aromatic rings. The van der Waals surface area contributed by atoms with Gasteiger partial charge in [-0.2, -0.15) is 0 Å². The fourth-order valence-electron chi connectivity index (χ4n) is 2.26. The van der Waals surface area contributed by atoms with Gasteiger partial charge in [0.2, 0.25) is 5.91 Å². The minimum Gasteiger partial charge on any atom is -0.481 e. The van der Waals surface area contributed by atoms with E-state index in [1.807, 2.05) is 0 Å². The highest BCUT2D eigenvalue weighted by atomic mass is 16.4. The highest BCUT2D eigenvalue weighted by Crippen LogP contribution is 2.18. The van der Waals surface area contributed by atoms with Crippen LogP contribution in [0.4, 0.5) is 4.79 Å². The van der Waals surface area contributed by atoms with E-state index in [1.165, 1.54) is 0 Å². The molecule has 0 bridgehead atoms. The first-order chi connectivity index (χ1) is 8.54. The number of nitrogens with one attached hydrogen (secondary N) is 2. The lowest BCUT2D eigenvalue weighted by Crippen LogP contribution is -2.55. The van der Waals surface area contributed by atoms with E-state index in [2.05, 4.69) is 10.6 Å². The van der Waals surface area contributed by atoms with Gasteiger partial charge in [-0.3, -0.25) is 9.59 Å². The molecule has 0 radical (unpaired) electrons. The maximum Gasteiger partial charge on any atom is 0.317 e. The van der Waals surface area contributed by atoms with E-state index in [0.29, 0.717) is 26.1 Å². The van der Waals surface area contributed by atoms with Crippen LogP contribution in [0.25, 0.3) is 0 Å². The van der Waals surface area contributed by atoms with Crippen LogP contribution < -0.4 is 10.6 Å². The Kier molecular flexibility index (Phi) is 3.69. The number of carboxylic acids is 1. The molecule has 2 rings (SSSR count). The molecule has 0 saturated carbocycles. The highest BCUT2D eigenvalue weighted by Gasteiger charge is 2.32. The van der Waals surface area contributed by atoms with Crippen LogP contribution in [0.1, 0.15) is 19.3 Å². The van der Waals surface area contributed by atoms with Gasteiger partial charge in [0.1, 0.15) is 0 Å². The van der Waals surface area contributed by atoms with Gasteiger partial charge in [-0.05, 0) is 6.42 Å². The standard InChI is InChI=1S/C11H17N3O4/c15-9-2-1-8(13-9)4-12-11(18)14-5-7(6-14)3-10(16)17/h7-8H,1-6H2,(H,12,18)(H,13,15)(H,16,17). The molecule has 2 aliphatic rings. The smallest absolute Gasteiger partial charge is 0.317 e. The van der Waals surface area contributed by atoms with Gasteiger partial charge in [-0.1, -0.05) is 0 Å². The molecule has 7 nitrogen and oxygen atoms in total.